The molecule has 2 N–H and O–H groups in total. The lowest BCUT2D eigenvalue weighted by Crippen LogP contribution is -2.34. The minimum absolute atomic E-state index is 0.295. The summed E-state index contributed by atoms with van der Waals surface area (Å²) < 4.78 is 0. The van der Waals surface area contributed by atoms with E-state index >= 15 is 0 Å². The monoisotopic (exact) mass is 144 g/mol. The standard InChI is InChI=1S/C8H20N2/c1-7(2)5-10(4)6-8(3)9/h7-8H,5-6,9H2,1-4H3/t8-/m1/s1. The molecule has 0 saturated carbocycles. The lowest BCUT2D eigenvalue weighted by Gasteiger charge is -2.20. The molecule has 0 aromatic carbocycles. The van der Waals surface area contributed by atoms with Crippen molar-refractivity contribution in [1.29, 1.82) is 0 Å². The van der Waals surface area contributed by atoms with Gasteiger partial charge in [-0.05, 0) is 19.9 Å². The predicted octanol–water partition coefficient (Wildman–Crippen LogP) is 0.921. The van der Waals surface area contributed by atoms with Crippen LogP contribution in [0.3, 0.4) is 0 Å². The van der Waals surface area contributed by atoms with Crippen LogP contribution >= 0.6 is 0 Å². The Morgan fingerprint density at radius 2 is 1.70 bits per heavy atom. The fourth-order valence-electron chi connectivity index (χ4n) is 1.19. The molecule has 2 nitrogen and oxygen atoms in total. The van der Waals surface area contributed by atoms with Gasteiger partial charge in [-0.3, -0.25) is 0 Å². The summed E-state index contributed by atoms with van der Waals surface area (Å²) in [4.78, 5) is 2.27. The minimum Gasteiger partial charge on any atom is -0.327 e. The fraction of sp³-hybridized carbons (Fsp3) is 1.00. The fourth-order valence-corrected chi connectivity index (χ4v) is 1.19. The van der Waals surface area contributed by atoms with Crippen molar-refractivity contribution in [3.05, 3.63) is 0 Å². The van der Waals surface area contributed by atoms with E-state index in [-0.39, 0.29) is 0 Å². The number of nitrogens with two attached hydrogens (primary N) is 1. The van der Waals surface area contributed by atoms with Crippen LogP contribution in [-0.4, -0.2) is 31.1 Å². The quantitative estimate of drug-likeness (QED) is 0.636. The molecule has 0 amide bonds. The molecule has 1 atom stereocenters. The number of likely N-dealkylation sites (N-methyl/N-ethyl adjacent to an activating group) is 1. The first-order chi connectivity index (χ1) is 4.52. The lowest BCUT2D eigenvalue weighted by molar-refractivity contribution is 0.283. The van der Waals surface area contributed by atoms with E-state index in [0.29, 0.717) is 6.04 Å². The van der Waals surface area contributed by atoms with Crippen molar-refractivity contribution < 1.29 is 0 Å². The van der Waals surface area contributed by atoms with E-state index in [1.165, 1.54) is 0 Å². The molecule has 0 aliphatic rings. The summed E-state index contributed by atoms with van der Waals surface area (Å²) in [5, 5.41) is 0. The summed E-state index contributed by atoms with van der Waals surface area (Å²) in [6, 6.07) is 0.295. The average Bonchev–Trinajstić information content (AvgIpc) is 1.58. The molecule has 0 rings (SSSR count). The van der Waals surface area contributed by atoms with E-state index in [9.17, 15) is 0 Å². The summed E-state index contributed by atoms with van der Waals surface area (Å²) in [5.41, 5.74) is 5.63. The molecule has 62 valence electrons. The van der Waals surface area contributed by atoms with E-state index in [0.717, 1.165) is 19.0 Å². The highest BCUT2D eigenvalue weighted by molar-refractivity contribution is 4.60. The van der Waals surface area contributed by atoms with Crippen LogP contribution in [0, 0.1) is 5.92 Å². The molecule has 0 aliphatic carbocycles. The Bertz CT molecular complexity index is 69.3. The molecule has 0 aromatic rings. The van der Waals surface area contributed by atoms with Crippen LogP contribution in [0.5, 0.6) is 0 Å². The first-order valence-electron chi connectivity index (χ1n) is 3.96. The van der Waals surface area contributed by atoms with Crippen molar-refractivity contribution in [1.82, 2.24) is 4.90 Å². The van der Waals surface area contributed by atoms with Crippen LogP contribution < -0.4 is 5.73 Å². The number of hydrogen-bond donors (Lipinski definition) is 1. The Morgan fingerprint density at radius 1 is 1.20 bits per heavy atom. The molecule has 0 aromatic heterocycles. The zero-order chi connectivity index (χ0) is 8.15. The van der Waals surface area contributed by atoms with Crippen LogP contribution in [-0.2, 0) is 0 Å². The zero-order valence-corrected chi connectivity index (χ0v) is 7.59. The molecular weight excluding hydrogens is 124 g/mol. The SMILES string of the molecule is CC(C)CN(C)C[C@@H](C)N. The van der Waals surface area contributed by atoms with Crippen LogP contribution in [0.2, 0.25) is 0 Å². The lowest BCUT2D eigenvalue weighted by atomic mass is 10.2. The molecular formula is C8H20N2. The number of hydrogen-bond acceptors (Lipinski definition) is 2. The van der Waals surface area contributed by atoms with Gasteiger partial charge in [-0.1, -0.05) is 13.8 Å². The molecule has 2 heteroatoms. The Morgan fingerprint density at radius 3 is 2.00 bits per heavy atom. The van der Waals surface area contributed by atoms with Gasteiger partial charge in [0, 0.05) is 19.1 Å². The Hall–Kier alpha value is -0.0800. The average molecular weight is 144 g/mol. The first-order valence-corrected chi connectivity index (χ1v) is 3.96. The maximum atomic E-state index is 5.63. The van der Waals surface area contributed by atoms with Gasteiger partial charge in [0.15, 0.2) is 0 Å². The molecule has 0 bridgehead atoms. The smallest absolute Gasteiger partial charge is 0.0139 e. The third kappa shape index (κ3) is 6.05. The van der Waals surface area contributed by atoms with Crippen molar-refractivity contribution in [3.63, 3.8) is 0 Å². The normalized spacial score (nSPS) is 14.7. The molecule has 0 spiro atoms. The maximum absolute atomic E-state index is 5.63. The summed E-state index contributed by atoms with van der Waals surface area (Å²) in [6.45, 7) is 8.62. The molecule has 0 saturated heterocycles. The number of nitrogens with zero attached hydrogens (tertiary/aromatic N) is 1. The highest BCUT2D eigenvalue weighted by Gasteiger charge is 2.02. The molecule has 0 heterocycles. The van der Waals surface area contributed by atoms with E-state index in [1.54, 1.807) is 0 Å². The first kappa shape index (κ1) is 9.92. The van der Waals surface area contributed by atoms with Crippen LogP contribution in [0.4, 0.5) is 0 Å². The van der Waals surface area contributed by atoms with Crippen molar-refractivity contribution in [2.45, 2.75) is 26.8 Å². The molecule has 0 unspecified atom stereocenters. The Balaban J connectivity index is 3.34. The van der Waals surface area contributed by atoms with Crippen molar-refractivity contribution >= 4 is 0 Å². The summed E-state index contributed by atoms with van der Waals surface area (Å²) in [6.07, 6.45) is 0. The maximum Gasteiger partial charge on any atom is 0.0139 e. The third-order valence-corrected chi connectivity index (χ3v) is 1.28. The summed E-state index contributed by atoms with van der Waals surface area (Å²) in [7, 11) is 2.11. The molecule has 0 aliphatic heterocycles. The summed E-state index contributed by atoms with van der Waals surface area (Å²) in [5.74, 6) is 0.740. The van der Waals surface area contributed by atoms with E-state index in [1.807, 2.05) is 6.92 Å². The third-order valence-electron chi connectivity index (χ3n) is 1.28. The Labute approximate surface area is 64.4 Å². The second kappa shape index (κ2) is 4.69. The van der Waals surface area contributed by atoms with Crippen molar-refractivity contribution in [3.8, 4) is 0 Å². The van der Waals surface area contributed by atoms with Gasteiger partial charge in [0.05, 0.1) is 0 Å². The van der Waals surface area contributed by atoms with Crippen LogP contribution in [0.25, 0.3) is 0 Å². The highest BCUT2D eigenvalue weighted by Crippen LogP contribution is 1.95. The van der Waals surface area contributed by atoms with Gasteiger partial charge in [0.2, 0.25) is 0 Å². The van der Waals surface area contributed by atoms with Crippen molar-refractivity contribution in [2.24, 2.45) is 11.7 Å². The molecule has 0 fully saturated rings. The second-order valence-electron chi connectivity index (χ2n) is 3.59. The van der Waals surface area contributed by atoms with Gasteiger partial charge >= 0.3 is 0 Å². The van der Waals surface area contributed by atoms with Gasteiger partial charge in [0.1, 0.15) is 0 Å². The van der Waals surface area contributed by atoms with Crippen molar-refractivity contribution in [2.75, 3.05) is 20.1 Å². The van der Waals surface area contributed by atoms with Gasteiger partial charge < -0.3 is 10.6 Å². The van der Waals surface area contributed by atoms with Gasteiger partial charge in [-0.25, -0.2) is 0 Å². The zero-order valence-electron chi connectivity index (χ0n) is 7.59. The van der Waals surface area contributed by atoms with E-state index in [4.69, 9.17) is 5.73 Å². The largest absolute Gasteiger partial charge is 0.327 e. The van der Waals surface area contributed by atoms with Crippen LogP contribution in [0.1, 0.15) is 20.8 Å². The van der Waals surface area contributed by atoms with Crippen LogP contribution in [0.15, 0.2) is 0 Å². The van der Waals surface area contributed by atoms with Gasteiger partial charge in [-0.15, -0.1) is 0 Å². The number of rotatable bonds is 4. The van der Waals surface area contributed by atoms with Gasteiger partial charge in [-0.2, -0.15) is 0 Å². The topological polar surface area (TPSA) is 29.3 Å². The highest BCUT2D eigenvalue weighted by atomic mass is 15.1. The summed E-state index contributed by atoms with van der Waals surface area (Å²) >= 11 is 0. The second-order valence-corrected chi connectivity index (χ2v) is 3.59. The van der Waals surface area contributed by atoms with Gasteiger partial charge in [0.25, 0.3) is 0 Å². The Kier molecular flexibility index (Phi) is 4.65. The van der Waals surface area contributed by atoms with E-state index < -0.39 is 0 Å². The molecule has 0 radical (unpaired) electrons. The minimum atomic E-state index is 0.295. The molecule has 10 heavy (non-hydrogen) atoms. The van der Waals surface area contributed by atoms with E-state index in [2.05, 4.69) is 25.8 Å². The predicted molar refractivity (Wildman–Crippen MR) is 46.0 cm³/mol.